The van der Waals surface area contributed by atoms with Crippen molar-refractivity contribution in [2.75, 3.05) is 6.61 Å². The highest BCUT2D eigenvalue weighted by molar-refractivity contribution is 9.10. The molecule has 4 heteroatoms. The van der Waals surface area contributed by atoms with Crippen LogP contribution in [0, 0.1) is 0 Å². The molecule has 0 atom stereocenters. The van der Waals surface area contributed by atoms with Crippen LogP contribution in [0.25, 0.3) is 0 Å². The van der Waals surface area contributed by atoms with Gasteiger partial charge in [0.25, 0.3) is 0 Å². The van der Waals surface area contributed by atoms with Gasteiger partial charge in [-0.25, -0.2) is 0 Å². The van der Waals surface area contributed by atoms with Gasteiger partial charge in [0, 0.05) is 0 Å². The van der Waals surface area contributed by atoms with Crippen LogP contribution >= 0.6 is 15.9 Å². The van der Waals surface area contributed by atoms with Crippen LogP contribution in [0.15, 0.2) is 27.8 Å². The summed E-state index contributed by atoms with van der Waals surface area (Å²) in [5.74, 6) is 0.789. The van der Waals surface area contributed by atoms with Gasteiger partial charge in [0.05, 0.1) is 17.3 Å². The lowest BCUT2D eigenvalue weighted by Gasteiger charge is -2.05. The zero-order valence-corrected chi connectivity index (χ0v) is 8.78. The lowest BCUT2D eigenvalue weighted by molar-refractivity contribution is 0.321. The van der Waals surface area contributed by atoms with Crippen molar-refractivity contribution in [3.05, 3.63) is 28.2 Å². The number of hydrogen-bond acceptors (Lipinski definition) is 3. The van der Waals surface area contributed by atoms with Crippen LogP contribution in [-0.4, -0.2) is 18.0 Å². The maximum absolute atomic E-state index is 8.31. The Bertz CT molecular complexity index is 312. The highest BCUT2D eigenvalue weighted by Crippen LogP contribution is 2.25. The van der Waals surface area contributed by atoms with Crippen molar-refractivity contribution in [3.8, 4) is 5.75 Å². The lowest BCUT2D eigenvalue weighted by atomic mass is 10.2. The van der Waals surface area contributed by atoms with E-state index < -0.39 is 0 Å². The predicted molar refractivity (Wildman–Crippen MR) is 54.7 cm³/mol. The third kappa shape index (κ3) is 2.73. The molecule has 3 nitrogen and oxygen atoms in total. The number of benzene rings is 1. The Kier molecular flexibility index (Phi) is 3.76. The van der Waals surface area contributed by atoms with Crippen molar-refractivity contribution in [1.29, 1.82) is 0 Å². The van der Waals surface area contributed by atoms with E-state index in [4.69, 9.17) is 9.94 Å². The molecule has 1 aromatic rings. The van der Waals surface area contributed by atoms with Crippen LogP contribution < -0.4 is 4.74 Å². The zero-order valence-electron chi connectivity index (χ0n) is 7.20. The van der Waals surface area contributed by atoms with E-state index in [2.05, 4.69) is 21.1 Å². The summed E-state index contributed by atoms with van der Waals surface area (Å²) in [6.07, 6.45) is 1.36. The van der Waals surface area contributed by atoms with Crippen molar-refractivity contribution >= 4 is 22.1 Å². The third-order valence-corrected chi connectivity index (χ3v) is 2.08. The van der Waals surface area contributed by atoms with Crippen LogP contribution in [0.5, 0.6) is 5.75 Å². The summed E-state index contributed by atoms with van der Waals surface area (Å²) < 4.78 is 6.17. The standard InChI is InChI=1S/C9H10BrNO2/c1-2-13-9-4-3-7(6-11-12)5-8(9)10/h3-6,12H,2H2,1H3/b11-6-. The Morgan fingerprint density at radius 1 is 1.62 bits per heavy atom. The SMILES string of the molecule is CCOc1ccc(/C=N\O)cc1Br. The first-order valence-corrected chi connectivity index (χ1v) is 4.67. The van der Waals surface area contributed by atoms with Crippen LogP contribution in [0.2, 0.25) is 0 Å². The summed E-state index contributed by atoms with van der Waals surface area (Å²) in [6, 6.07) is 5.46. The largest absolute Gasteiger partial charge is 0.493 e. The highest BCUT2D eigenvalue weighted by atomic mass is 79.9. The van der Waals surface area contributed by atoms with Gasteiger partial charge in [0.15, 0.2) is 0 Å². The molecule has 0 radical (unpaired) electrons. The van der Waals surface area contributed by atoms with E-state index >= 15 is 0 Å². The van der Waals surface area contributed by atoms with Gasteiger partial charge in [-0.15, -0.1) is 0 Å². The summed E-state index contributed by atoms with van der Waals surface area (Å²) in [5.41, 5.74) is 0.817. The third-order valence-electron chi connectivity index (χ3n) is 1.46. The zero-order chi connectivity index (χ0) is 9.68. The number of nitrogens with zero attached hydrogens (tertiary/aromatic N) is 1. The fourth-order valence-corrected chi connectivity index (χ4v) is 1.45. The van der Waals surface area contributed by atoms with E-state index in [0.717, 1.165) is 15.8 Å². The Balaban J connectivity index is 2.91. The van der Waals surface area contributed by atoms with E-state index in [1.165, 1.54) is 6.21 Å². The first-order chi connectivity index (χ1) is 6.27. The Morgan fingerprint density at radius 2 is 2.38 bits per heavy atom. The fourth-order valence-electron chi connectivity index (χ4n) is 0.937. The van der Waals surface area contributed by atoms with Crippen molar-refractivity contribution in [2.24, 2.45) is 5.16 Å². The van der Waals surface area contributed by atoms with E-state index in [9.17, 15) is 0 Å². The van der Waals surface area contributed by atoms with Gasteiger partial charge in [0.1, 0.15) is 5.75 Å². The second-order valence-electron chi connectivity index (χ2n) is 2.37. The molecule has 1 rings (SSSR count). The molecule has 70 valence electrons. The van der Waals surface area contributed by atoms with Gasteiger partial charge in [0.2, 0.25) is 0 Å². The first kappa shape index (κ1) is 10.1. The van der Waals surface area contributed by atoms with Gasteiger partial charge in [-0.3, -0.25) is 0 Å². The minimum absolute atomic E-state index is 0.631. The van der Waals surface area contributed by atoms with Crippen molar-refractivity contribution in [1.82, 2.24) is 0 Å². The smallest absolute Gasteiger partial charge is 0.133 e. The summed E-state index contributed by atoms with van der Waals surface area (Å²) >= 11 is 3.35. The van der Waals surface area contributed by atoms with Crippen LogP contribution in [-0.2, 0) is 0 Å². The second kappa shape index (κ2) is 4.87. The number of halogens is 1. The number of hydrogen-bond donors (Lipinski definition) is 1. The Morgan fingerprint density at radius 3 is 2.92 bits per heavy atom. The molecule has 1 aromatic carbocycles. The van der Waals surface area contributed by atoms with Crippen LogP contribution in [0.3, 0.4) is 0 Å². The Labute approximate surface area is 85.2 Å². The molecule has 13 heavy (non-hydrogen) atoms. The van der Waals surface area contributed by atoms with E-state index in [0.29, 0.717) is 6.61 Å². The number of rotatable bonds is 3. The second-order valence-corrected chi connectivity index (χ2v) is 3.22. The maximum atomic E-state index is 8.31. The quantitative estimate of drug-likeness (QED) is 0.504. The average molecular weight is 244 g/mol. The van der Waals surface area contributed by atoms with Crippen molar-refractivity contribution < 1.29 is 9.94 Å². The van der Waals surface area contributed by atoms with Gasteiger partial charge < -0.3 is 9.94 Å². The monoisotopic (exact) mass is 243 g/mol. The van der Waals surface area contributed by atoms with E-state index in [-0.39, 0.29) is 0 Å². The van der Waals surface area contributed by atoms with Gasteiger partial charge >= 0.3 is 0 Å². The molecule has 0 aliphatic carbocycles. The molecule has 0 spiro atoms. The van der Waals surface area contributed by atoms with E-state index in [1.54, 1.807) is 0 Å². The van der Waals surface area contributed by atoms with Crippen LogP contribution in [0.1, 0.15) is 12.5 Å². The number of ether oxygens (including phenoxy) is 1. The molecule has 0 aliphatic rings. The molecule has 0 aromatic heterocycles. The molecule has 0 fully saturated rings. The molecular formula is C9H10BrNO2. The molecule has 0 amide bonds. The summed E-state index contributed by atoms with van der Waals surface area (Å²) in [5, 5.41) is 11.2. The normalized spacial score (nSPS) is 10.6. The topological polar surface area (TPSA) is 41.8 Å². The number of oxime groups is 1. The highest BCUT2D eigenvalue weighted by Gasteiger charge is 2.00. The van der Waals surface area contributed by atoms with E-state index in [1.807, 2.05) is 25.1 Å². The predicted octanol–water partition coefficient (Wildman–Crippen LogP) is 2.66. The lowest BCUT2D eigenvalue weighted by Crippen LogP contribution is -1.93. The van der Waals surface area contributed by atoms with Crippen LogP contribution in [0.4, 0.5) is 0 Å². The molecule has 0 aliphatic heterocycles. The molecule has 0 bridgehead atoms. The minimum atomic E-state index is 0.631. The van der Waals surface area contributed by atoms with Gasteiger partial charge in [-0.05, 0) is 46.6 Å². The molecule has 1 N–H and O–H groups in total. The minimum Gasteiger partial charge on any atom is -0.493 e. The summed E-state index contributed by atoms with van der Waals surface area (Å²) in [6.45, 7) is 2.56. The Hall–Kier alpha value is -1.03. The van der Waals surface area contributed by atoms with Crippen molar-refractivity contribution in [2.45, 2.75) is 6.92 Å². The molecule has 0 saturated heterocycles. The molecule has 0 heterocycles. The summed E-state index contributed by atoms with van der Waals surface area (Å²) in [4.78, 5) is 0. The molecule has 0 unspecified atom stereocenters. The molecular weight excluding hydrogens is 234 g/mol. The fraction of sp³-hybridized carbons (Fsp3) is 0.222. The maximum Gasteiger partial charge on any atom is 0.133 e. The summed E-state index contributed by atoms with van der Waals surface area (Å²) in [7, 11) is 0. The average Bonchev–Trinajstić information content (AvgIpc) is 2.10. The molecule has 0 saturated carbocycles. The van der Waals surface area contributed by atoms with Gasteiger partial charge in [-0.2, -0.15) is 0 Å². The first-order valence-electron chi connectivity index (χ1n) is 3.87. The van der Waals surface area contributed by atoms with Crippen molar-refractivity contribution in [3.63, 3.8) is 0 Å². The van der Waals surface area contributed by atoms with Gasteiger partial charge in [-0.1, -0.05) is 5.16 Å².